The van der Waals surface area contributed by atoms with E-state index in [9.17, 15) is 9.59 Å². The maximum Gasteiger partial charge on any atom is 0.335 e. The predicted molar refractivity (Wildman–Crippen MR) is 75.8 cm³/mol. The third-order valence-electron chi connectivity index (χ3n) is 2.48. The Hall–Kier alpha value is -2.35. The van der Waals surface area contributed by atoms with Gasteiger partial charge in [0.25, 0.3) is 5.56 Å². The summed E-state index contributed by atoms with van der Waals surface area (Å²) >= 11 is 3.26. The summed E-state index contributed by atoms with van der Waals surface area (Å²) in [4.78, 5) is 28.8. The van der Waals surface area contributed by atoms with Crippen LogP contribution in [0.2, 0.25) is 0 Å². The molecule has 0 unspecified atom stereocenters. The molecular formula is C12H10BrN3O4. The highest BCUT2D eigenvalue weighted by Gasteiger charge is 2.12. The largest absolute Gasteiger partial charge is 0.489 e. The van der Waals surface area contributed by atoms with Gasteiger partial charge in [-0.15, -0.1) is 0 Å². The molecule has 1 aromatic carbocycles. The number of halogens is 1. The number of nitrogens with zero attached hydrogens (tertiary/aromatic N) is 1. The summed E-state index contributed by atoms with van der Waals surface area (Å²) in [5.41, 5.74) is 0.294. The van der Waals surface area contributed by atoms with Crippen molar-refractivity contribution in [2.24, 2.45) is 0 Å². The SMILES string of the molecule is COc1c(Nc2ccc(C(=O)O)cc2Br)nc[nH]c1=O. The fourth-order valence-corrected chi connectivity index (χ4v) is 2.02. The van der Waals surface area contributed by atoms with Gasteiger partial charge in [-0.2, -0.15) is 0 Å². The van der Waals surface area contributed by atoms with Crippen LogP contribution in [0.3, 0.4) is 0 Å². The molecule has 104 valence electrons. The Bertz CT molecular complexity index is 714. The van der Waals surface area contributed by atoms with Gasteiger partial charge in [0, 0.05) is 4.47 Å². The molecule has 0 aliphatic carbocycles. The van der Waals surface area contributed by atoms with Crippen LogP contribution in [-0.2, 0) is 0 Å². The Morgan fingerprint density at radius 1 is 1.50 bits per heavy atom. The molecule has 2 rings (SSSR count). The minimum absolute atomic E-state index is 0.0433. The minimum Gasteiger partial charge on any atom is -0.489 e. The minimum atomic E-state index is -1.02. The molecular weight excluding hydrogens is 330 g/mol. The third kappa shape index (κ3) is 2.80. The molecule has 0 radical (unpaired) electrons. The fraction of sp³-hybridized carbons (Fsp3) is 0.0833. The van der Waals surface area contributed by atoms with Crippen LogP contribution in [0.25, 0.3) is 0 Å². The van der Waals surface area contributed by atoms with Crippen LogP contribution >= 0.6 is 15.9 Å². The first-order chi connectivity index (χ1) is 9.52. The van der Waals surface area contributed by atoms with Crippen LogP contribution in [0.15, 0.2) is 33.8 Å². The number of hydrogen-bond donors (Lipinski definition) is 3. The van der Waals surface area contributed by atoms with E-state index in [4.69, 9.17) is 9.84 Å². The van der Waals surface area contributed by atoms with Crippen molar-refractivity contribution >= 4 is 33.4 Å². The Kier molecular flexibility index (Phi) is 4.04. The van der Waals surface area contributed by atoms with Gasteiger partial charge < -0.3 is 20.1 Å². The van der Waals surface area contributed by atoms with Crippen LogP contribution in [0, 0.1) is 0 Å². The second kappa shape index (κ2) is 5.74. The third-order valence-corrected chi connectivity index (χ3v) is 3.14. The molecule has 0 fully saturated rings. The van der Waals surface area contributed by atoms with Crippen molar-refractivity contribution in [2.45, 2.75) is 0 Å². The average molecular weight is 340 g/mol. The first kappa shape index (κ1) is 14.1. The van der Waals surface area contributed by atoms with Gasteiger partial charge in [-0.1, -0.05) is 0 Å². The molecule has 0 spiro atoms. The first-order valence-electron chi connectivity index (χ1n) is 5.44. The van der Waals surface area contributed by atoms with Crippen LogP contribution in [0.1, 0.15) is 10.4 Å². The van der Waals surface area contributed by atoms with Crippen LogP contribution < -0.4 is 15.6 Å². The van der Waals surface area contributed by atoms with E-state index in [1.54, 1.807) is 6.07 Å². The number of aromatic carboxylic acids is 1. The average Bonchev–Trinajstić information content (AvgIpc) is 2.41. The van der Waals surface area contributed by atoms with Crippen molar-refractivity contribution in [3.63, 3.8) is 0 Å². The highest BCUT2D eigenvalue weighted by atomic mass is 79.9. The zero-order chi connectivity index (χ0) is 14.7. The normalized spacial score (nSPS) is 10.1. The number of hydrogen-bond acceptors (Lipinski definition) is 5. The standard InChI is InChI=1S/C12H10BrN3O4/c1-20-9-10(14-5-15-11(9)17)16-8-3-2-6(12(18)19)4-7(8)13/h2-5H,1H3,(H,18,19)(H2,14,15,16,17). The highest BCUT2D eigenvalue weighted by Crippen LogP contribution is 2.28. The zero-order valence-corrected chi connectivity index (χ0v) is 11.9. The van der Waals surface area contributed by atoms with Gasteiger partial charge >= 0.3 is 5.97 Å². The monoisotopic (exact) mass is 339 g/mol. The molecule has 0 aliphatic rings. The molecule has 0 aliphatic heterocycles. The molecule has 3 N–H and O–H groups in total. The molecule has 1 heterocycles. The van der Waals surface area contributed by atoms with Crippen molar-refractivity contribution in [1.29, 1.82) is 0 Å². The van der Waals surface area contributed by atoms with E-state index in [0.29, 0.717) is 10.2 Å². The van der Waals surface area contributed by atoms with Gasteiger partial charge in [-0.25, -0.2) is 9.78 Å². The zero-order valence-electron chi connectivity index (χ0n) is 10.3. The van der Waals surface area contributed by atoms with Gasteiger partial charge in [0.2, 0.25) is 5.75 Å². The maximum absolute atomic E-state index is 11.5. The lowest BCUT2D eigenvalue weighted by Gasteiger charge is -2.10. The second-order valence-electron chi connectivity index (χ2n) is 3.74. The Morgan fingerprint density at radius 3 is 2.85 bits per heavy atom. The van der Waals surface area contributed by atoms with E-state index in [0.717, 1.165) is 0 Å². The Labute approximate surface area is 121 Å². The van der Waals surface area contributed by atoms with E-state index in [-0.39, 0.29) is 17.1 Å². The van der Waals surface area contributed by atoms with Crippen LogP contribution in [0.4, 0.5) is 11.5 Å². The fourth-order valence-electron chi connectivity index (χ4n) is 1.54. The van der Waals surface area contributed by atoms with Crippen LogP contribution in [0.5, 0.6) is 5.75 Å². The molecule has 7 nitrogen and oxygen atoms in total. The highest BCUT2D eigenvalue weighted by molar-refractivity contribution is 9.10. The smallest absolute Gasteiger partial charge is 0.335 e. The number of aromatic nitrogens is 2. The lowest BCUT2D eigenvalue weighted by atomic mass is 10.2. The number of benzene rings is 1. The quantitative estimate of drug-likeness (QED) is 0.786. The summed E-state index contributed by atoms with van der Waals surface area (Å²) < 4.78 is 5.50. The van der Waals surface area contributed by atoms with E-state index >= 15 is 0 Å². The Balaban J connectivity index is 2.38. The number of nitrogens with one attached hydrogen (secondary N) is 2. The van der Waals surface area contributed by atoms with E-state index in [1.807, 2.05) is 0 Å². The number of ether oxygens (including phenoxy) is 1. The summed E-state index contributed by atoms with van der Waals surface area (Å²) in [7, 11) is 1.36. The topological polar surface area (TPSA) is 104 Å². The van der Waals surface area contributed by atoms with E-state index in [2.05, 4.69) is 31.2 Å². The lowest BCUT2D eigenvalue weighted by molar-refractivity contribution is 0.0697. The summed E-state index contributed by atoms with van der Waals surface area (Å²) in [6.45, 7) is 0. The number of carboxylic acid groups (broad SMARTS) is 1. The number of H-pyrrole nitrogens is 1. The van der Waals surface area contributed by atoms with Crippen LogP contribution in [-0.4, -0.2) is 28.2 Å². The van der Waals surface area contributed by atoms with Crippen molar-refractivity contribution in [3.05, 3.63) is 44.9 Å². The number of aromatic amines is 1. The van der Waals surface area contributed by atoms with E-state index < -0.39 is 11.5 Å². The molecule has 2 aromatic rings. The van der Waals surface area contributed by atoms with Crippen molar-refractivity contribution in [1.82, 2.24) is 9.97 Å². The number of methoxy groups -OCH3 is 1. The second-order valence-corrected chi connectivity index (χ2v) is 4.59. The number of rotatable bonds is 4. The summed E-state index contributed by atoms with van der Waals surface area (Å²) in [6.07, 6.45) is 1.24. The number of carbonyl (C=O) groups is 1. The molecule has 8 heteroatoms. The van der Waals surface area contributed by atoms with Crippen molar-refractivity contribution < 1.29 is 14.6 Å². The van der Waals surface area contributed by atoms with Gasteiger partial charge in [-0.05, 0) is 34.1 Å². The molecule has 1 aromatic heterocycles. The summed E-state index contributed by atoms with van der Waals surface area (Å²) in [5, 5.41) is 11.8. The van der Waals surface area contributed by atoms with Gasteiger partial charge in [0.05, 0.1) is 24.7 Å². The molecule has 0 saturated carbocycles. The molecule has 0 amide bonds. The van der Waals surface area contributed by atoms with Gasteiger partial charge in [0.15, 0.2) is 5.82 Å². The number of carboxylic acids is 1. The molecule has 20 heavy (non-hydrogen) atoms. The summed E-state index contributed by atoms with van der Waals surface area (Å²) in [5.74, 6) is -0.745. The summed E-state index contributed by atoms with van der Waals surface area (Å²) in [6, 6.07) is 4.45. The Morgan fingerprint density at radius 2 is 2.25 bits per heavy atom. The molecule has 0 saturated heterocycles. The predicted octanol–water partition coefficient (Wildman–Crippen LogP) is 1.98. The lowest BCUT2D eigenvalue weighted by Crippen LogP contribution is -2.12. The first-order valence-corrected chi connectivity index (χ1v) is 6.23. The maximum atomic E-state index is 11.5. The number of anilines is 2. The molecule has 0 bridgehead atoms. The van der Waals surface area contributed by atoms with Crippen molar-refractivity contribution in [2.75, 3.05) is 12.4 Å². The van der Waals surface area contributed by atoms with Gasteiger partial charge in [0.1, 0.15) is 0 Å². The van der Waals surface area contributed by atoms with Crippen molar-refractivity contribution in [3.8, 4) is 5.75 Å². The van der Waals surface area contributed by atoms with E-state index in [1.165, 1.54) is 25.6 Å². The van der Waals surface area contributed by atoms with Gasteiger partial charge in [-0.3, -0.25) is 4.79 Å². The molecule has 0 atom stereocenters.